The molecule has 0 atom stereocenters. The SMILES string of the molecule is CCCSC1=C(SCCC)SC(=C2Sc3cc(N)c(N=Cc4ccccc4O)cc3S2)S1. The monoisotopic (exact) mass is 536 g/mol. The maximum absolute atomic E-state index is 9.97. The molecule has 32 heavy (non-hydrogen) atoms. The molecule has 9 heteroatoms. The first-order valence-electron chi connectivity index (χ1n) is 10.3. The molecule has 0 saturated carbocycles. The van der Waals surface area contributed by atoms with Gasteiger partial charge in [-0.05, 0) is 48.6 Å². The number of para-hydroxylation sites is 1. The first kappa shape index (κ1) is 24.4. The third kappa shape index (κ3) is 5.85. The molecule has 2 aromatic carbocycles. The van der Waals surface area contributed by atoms with E-state index in [-0.39, 0.29) is 5.75 Å². The van der Waals surface area contributed by atoms with Gasteiger partial charge in [0.2, 0.25) is 0 Å². The number of anilines is 1. The van der Waals surface area contributed by atoms with Gasteiger partial charge in [0.05, 0.1) is 28.3 Å². The van der Waals surface area contributed by atoms with Crippen LogP contribution in [0.2, 0.25) is 0 Å². The summed E-state index contributed by atoms with van der Waals surface area (Å²) in [6.45, 7) is 4.48. The Balaban J connectivity index is 1.53. The van der Waals surface area contributed by atoms with E-state index in [0.717, 1.165) is 17.2 Å². The average Bonchev–Trinajstić information content (AvgIpc) is 3.39. The Morgan fingerprint density at radius 1 is 0.906 bits per heavy atom. The van der Waals surface area contributed by atoms with E-state index in [1.54, 1.807) is 18.3 Å². The summed E-state index contributed by atoms with van der Waals surface area (Å²) in [4.78, 5) is 6.93. The van der Waals surface area contributed by atoms with Gasteiger partial charge in [-0.25, -0.2) is 0 Å². The van der Waals surface area contributed by atoms with E-state index >= 15 is 0 Å². The first-order chi connectivity index (χ1) is 15.6. The predicted octanol–water partition coefficient (Wildman–Crippen LogP) is 8.94. The van der Waals surface area contributed by atoms with E-state index in [9.17, 15) is 5.11 Å². The third-order valence-corrected chi connectivity index (χ3v) is 13.3. The molecule has 3 nitrogen and oxygen atoms in total. The average molecular weight is 537 g/mol. The largest absolute Gasteiger partial charge is 0.507 e. The van der Waals surface area contributed by atoms with Crippen LogP contribution in [0.25, 0.3) is 0 Å². The number of nitrogens with zero attached hydrogens (tertiary/aromatic N) is 1. The van der Waals surface area contributed by atoms with Gasteiger partial charge in [-0.3, -0.25) is 4.99 Å². The second kappa shape index (κ2) is 11.6. The predicted molar refractivity (Wildman–Crippen MR) is 153 cm³/mol. The summed E-state index contributed by atoms with van der Waals surface area (Å²) in [6, 6.07) is 11.2. The van der Waals surface area contributed by atoms with Crippen LogP contribution in [0.5, 0.6) is 5.75 Å². The van der Waals surface area contributed by atoms with Crippen LogP contribution in [0.15, 0.2) is 68.1 Å². The second-order valence-corrected chi connectivity index (χ2v) is 14.3. The number of rotatable bonds is 8. The molecular weight excluding hydrogens is 513 g/mol. The minimum atomic E-state index is 0.212. The molecule has 2 heterocycles. The number of benzene rings is 2. The Hall–Kier alpha value is -0.710. The number of hydrogen-bond donors (Lipinski definition) is 2. The van der Waals surface area contributed by atoms with Gasteiger partial charge in [0, 0.05) is 21.6 Å². The molecule has 4 rings (SSSR count). The number of aliphatic imine (C=N–C) groups is 1. The normalized spacial score (nSPS) is 15.9. The zero-order valence-corrected chi connectivity index (χ0v) is 22.7. The summed E-state index contributed by atoms with van der Waals surface area (Å²) >= 11 is 11.5. The molecule has 0 unspecified atom stereocenters. The minimum Gasteiger partial charge on any atom is -0.507 e. The zero-order valence-electron chi connectivity index (χ0n) is 17.8. The van der Waals surface area contributed by atoms with E-state index in [0.29, 0.717) is 11.3 Å². The zero-order chi connectivity index (χ0) is 22.5. The van der Waals surface area contributed by atoms with Gasteiger partial charge in [-0.2, -0.15) is 0 Å². The molecule has 0 spiro atoms. The Morgan fingerprint density at radius 2 is 1.50 bits per heavy atom. The fourth-order valence-electron chi connectivity index (χ4n) is 2.80. The quantitative estimate of drug-likeness (QED) is 0.256. The molecule has 0 aromatic heterocycles. The lowest BCUT2D eigenvalue weighted by molar-refractivity contribution is 0.474. The standard InChI is InChI=1S/C23H24N2OS6/c1-3-9-27-20-21(28-10-4-2)32-23(31-20)22-29-18-11-15(24)16(12-19(18)30-22)25-13-14-7-5-6-8-17(14)26/h5-8,11-13,26H,3-4,9-10,24H2,1-2H3. The molecule has 0 radical (unpaired) electrons. The minimum absolute atomic E-state index is 0.212. The van der Waals surface area contributed by atoms with Gasteiger partial charge >= 0.3 is 0 Å². The summed E-state index contributed by atoms with van der Waals surface area (Å²) < 4.78 is 5.63. The van der Waals surface area contributed by atoms with Crippen molar-refractivity contribution in [3.05, 3.63) is 58.9 Å². The highest BCUT2D eigenvalue weighted by molar-refractivity contribution is 8.42. The maximum Gasteiger partial charge on any atom is 0.124 e. The van der Waals surface area contributed by atoms with Crippen molar-refractivity contribution in [3.8, 4) is 5.75 Å². The van der Waals surface area contributed by atoms with Crippen LogP contribution in [0.4, 0.5) is 11.4 Å². The van der Waals surface area contributed by atoms with Gasteiger partial charge in [-0.15, -0.1) is 23.5 Å². The van der Waals surface area contributed by atoms with Crippen molar-refractivity contribution >= 4 is 88.2 Å². The fraction of sp³-hybridized carbons (Fsp3) is 0.261. The molecular formula is C23H24N2OS6. The van der Waals surface area contributed by atoms with Crippen molar-refractivity contribution in [2.45, 2.75) is 36.5 Å². The number of phenolic OH excluding ortho intramolecular Hbond substituents is 1. The van der Waals surface area contributed by atoms with Crippen LogP contribution >= 0.6 is 70.6 Å². The van der Waals surface area contributed by atoms with E-state index in [2.05, 4.69) is 24.9 Å². The van der Waals surface area contributed by atoms with Crippen molar-refractivity contribution < 1.29 is 5.11 Å². The third-order valence-electron chi connectivity index (χ3n) is 4.36. The number of nitrogen functional groups attached to an aromatic ring is 1. The number of fused-ring (bicyclic) bond motifs is 1. The highest BCUT2D eigenvalue weighted by atomic mass is 32.3. The fourth-order valence-corrected chi connectivity index (χ4v) is 11.3. The van der Waals surface area contributed by atoms with Crippen LogP contribution < -0.4 is 5.73 Å². The molecule has 0 saturated heterocycles. The molecule has 2 aromatic rings. The Bertz CT molecular complexity index is 1070. The number of nitrogens with two attached hydrogens (primary N) is 1. The molecule has 0 bridgehead atoms. The Kier molecular flexibility index (Phi) is 8.87. The molecule has 0 aliphatic carbocycles. The molecule has 2 aliphatic rings. The number of phenols is 1. The molecule has 0 amide bonds. The molecule has 2 aliphatic heterocycles. The van der Waals surface area contributed by atoms with Crippen molar-refractivity contribution in [3.63, 3.8) is 0 Å². The van der Waals surface area contributed by atoms with E-state index in [1.165, 1.54) is 39.6 Å². The number of aromatic hydroxyl groups is 1. The van der Waals surface area contributed by atoms with Gasteiger partial charge in [0.15, 0.2) is 0 Å². The topological polar surface area (TPSA) is 58.6 Å². The Labute approximate surface area is 215 Å². The highest BCUT2D eigenvalue weighted by Gasteiger charge is 2.29. The van der Waals surface area contributed by atoms with Crippen molar-refractivity contribution in [1.29, 1.82) is 0 Å². The van der Waals surface area contributed by atoms with Gasteiger partial charge in [0.25, 0.3) is 0 Å². The van der Waals surface area contributed by atoms with Gasteiger partial charge in [0.1, 0.15) is 5.75 Å². The first-order valence-corrected chi connectivity index (χ1v) is 15.5. The summed E-state index contributed by atoms with van der Waals surface area (Å²) in [5.74, 6) is 2.54. The van der Waals surface area contributed by atoms with Crippen molar-refractivity contribution in [2.75, 3.05) is 17.2 Å². The molecule has 168 valence electrons. The lowest BCUT2D eigenvalue weighted by atomic mass is 10.2. The number of thioether (sulfide) groups is 6. The lowest BCUT2D eigenvalue weighted by Gasteiger charge is -2.03. The summed E-state index contributed by atoms with van der Waals surface area (Å²) in [7, 11) is 0. The van der Waals surface area contributed by atoms with E-state index in [4.69, 9.17) is 5.73 Å². The summed E-state index contributed by atoms with van der Waals surface area (Å²) in [5.41, 5.74) is 8.37. The highest BCUT2D eigenvalue weighted by Crippen LogP contribution is 2.64. The second-order valence-electron chi connectivity index (χ2n) is 6.93. The van der Waals surface area contributed by atoms with Crippen molar-refractivity contribution in [2.24, 2.45) is 4.99 Å². The van der Waals surface area contributed by atoms with Gasteiger partial charge < -0.3 is 10.8 Å². The molecule has 0 fully saturated rings. The Morgan fingerprint density at radius 3 is 2.12 bits per heavy atom. The summed E-state index contributed by atoms with van der Waals surface area (Å²) in [6.07, 6.45) is 4.05. The van der Waals surface area contributed by atoms with Crippen LogP contribution in [0.3, 0.4) is 0 Å². The van der Waals surface area contributed by atoms with Crippen LogP contribution in [0, 0.1) is 0 Å². The van der Waals surface area contributed by atoms with E-state index < -0.39 is 0 Å². The van der Waals surface area contributed by atoms with Crippen LogP contribution in [-0.2, 0) is 0 Å². The smallest absolute Gasteiger partial charge is 0.124 e. The van der Waals surface area contributed by atoms with Crippen LogP contribution in [-0.4, -0.2) is 22.8 Å². The number of hydrogen-bond acceptors (Lipinski definition) is 9. The lowest BCUT2D eigenvalue weighted by Crippen LogP contribution is -1.88. The van der Waals surface area contributed by atoms with Crippen molar-refractivity contribution in [1.82, 2.24) is 0 Å². The summed E-state index contributed by atoms with van der Waals surface area (Å²) in [5, 5.41) is 9.97. The maximum atomic E-state index is 9.97. The van der Waals surface area contributed by atoms with E-state index in [1.807, 2.05) is 88.8 Å². The van der Waals surface area contributed by atoms with Gasteiger partial charge in [-0.1, -0.05) is 73.0 Å². The van der Waals surface area contributed by atoms with Crippen LogP contribution in [0.1, 0.15) is 32.3 Å². The molecule has 3 N–H and O–H groups in total.